The molecule has 2 nitrogen and oxygen atoms in total. The third-order valence-corrected chi connectivity index (χ3v) is 2.61. The highest BCUT2D eigenvalue weighted by Crippen LogP contribution is 2.09. The van der Waals surface area contributed by atoms with E-state index in [1.165, 1.54) is 12.8 Å². The van der Waals surface area contributed by atoms with Crippen molar-refractivity contribution in [1.82, 2.24) is 10.4 Å². The monoisotopic (exact) mass is 186 g/mol. The van der Waals surface area contributed by atoms with Crippen LogP contribution < -0.4 is 5.43 Å². The highest BCUT2D eigenvalue weighted by atomic mass is 15.5. The quantitative estimate of drug-likeness (QED) is 0.485. The molecule has 2 heteroatoms. The molecule has 0 bridgehead atoms. The van der Waals surface area contributed by atoms with Gasteiger partial charge in [-0.15, -0.1) is 0 Å². The summed E-state index contributed by atoms with van der Waals surface area (Å²) in [6, 6.07) is 0. The standard InChI is InChI=1S/C11H26N2/c1-6-7-8-12-13(5)9-11(4)10(2)3/h10-12H,6-9H2,1-5H3. The number of nitrogens with one attached hydrogen (secondary N) is 1. The van der Waals surface area contributed by atoms with Crippen LogP contribution in [-0.2, 0) is 0 Å². The van der Waals surface area contributed by atoms with Crippen LogP contribution >= 0.6 is 0 Å². The summed E-state index contributed by atoms with van der Waals surface area (Å²) >= 11 is 0. The summed E-state index contributed by atoms with van der Waals surface area (Å²) in [5.74, 6) is 1.54. The van der Waals surface area contributed by atoms with Crippen LogP contribution in [0.1, 0.15) is 40.5 Å². The lowest BCUT2D eigenvalue weighted by Gasteiger charge is -2.24. The fraction of sp³-hybridized carbons (Fsp3) is 1.00. The molecule has 0 rings (SSSR count). The van der Waals surface area contributed by atoms with E-state index in [9.17, 15) is 0 Å². The topological polar surface area (TPSA) is 15.3 Å². The second-order valence-corrected chi connectivity index (χ2v) is 4.36. The molecule has 1 unspecified atom stereocenters. The molecule has 0 aliphatic heterocycles. The van der Waals surface area contributed by atoms with Crippen LogP contribution in [0.5, 0.6) is 0 Å². The van der Waals surface area contributed by atoms with Gasteiger partial charge < -0.3 is 0 Å². The zero-order chi connectivity index (χ0) is 10.3. The molecule has 0 saturated carbocycles. The molecular formula is C11H26N2. The highest BCUT2D eigenvalue weighted by molar-refractivity contribution is 4.59. The molecule has 0 aromatic heterocycles. The Morgan fingerprint density at radius 2 is 1.85 bits per heavy atom. The van der Waals surface area contributed by atoms with E-state index in [0.717, 1.165) is 24.9 Å². The van der Waals surface area contributed by atoms with E-state index in [1.807, 2.05) is 0 Å². The lowest BCUT2D eigenvalue weighted by Crippen LogP contribution is -2.39. The Bertz CT molecular complexity index is 113. The van der Waals surface area contributed by atoms with Crippen LogP contribution in [-0.4, -0.2) is 25.1 Å². The van der Waals surface area contributed by atoms with Crippen molar-refractivity contribution in [3.05, 3.63) is 0 Å². The van der Waals surface area contributed by atoms with Gasteiger partial charge in [0.25, 0.3) is 0 Å². The van der Waals surface area contributed by atoms with E-state index in [1.54, 1.807) is 0 Å². The van der Waals surface area contributed by atoms with Gasteiger partial charge in [-0.1, -0.05) is 34.1 Å². The third kappa shape index (κ3) is 7.03. The summed E-state index contributed by atoms with van der Waals surface area (Å²) in [6.07, 6.45) is 2.53. The molecule has 0 heterocycles. The number of nitrogens with zero attached hydrogens (tertiary/aromatic N) is 1. The fourth-order valence-electron chi connectivity index (χ4n) is 1.15. The molecule has 0 radical (unpaired) electrons. The van der Waals surface area contributed by atoms with Gasteiger partial charge in [-0.3, -0.25) is 5.43 Å². The molecule has 0 amide bonds. The SMILES string of the molecule is CCCCNN(C)CC(C)C(C)C. The molecule has 1 N–H and O–H groups in total. The number of hydrazine groups is 1. The van der Waals surface area contributed by atoms with Crippen LogP contribution in [0, 0.1) is 11.8 Å². The predicted molar refractivity (Wildman–Crippen MR) is 59.5 cm³/mol. The first-order chi connectivity index (χ1) is 6.07. The summed E-state index contributed by atoms with van der Waals surface area (Å²) < 4.78 is 0. The molecular weight excluding hydrogens is 160 g/mol. The van der Waals surface area contributed by atoms with Gasteiger partial charge in [0.1, 0.15) is 0 Å². The van der Waals surface area contributed by atoms with Crippen molar-refractivity contribution in [1.29, 1.82) is 0 Å². The number of rotatable bonds is 7. The summed E-state index contributed by atoms with van der Waals surface area (Å²) in [5.41, 5.74) is 3.40. The first-order valence-corrected chi connectivity index (χ1v) is 5.52. The van der Waals surface area contributed by atoms with Gasteiger partial charge in [0.15, 0.2) is 0 Å². The molecule has 0 fully saturated rings. The number of hydrogen-bond acceptors (Lipinski definition) is 2. The molecule has 0 aromatic carbocycles. The van der Waals surface area contributed by atoms with Gasteiger partial charge in [-0.2, -0.15) is 0 Å². The second kappa shape index (κ2) is 7.34. The predicted octanol–water partition coefficient (Wildman–Crippen LogP) is 2.52. The number of hydrogen-bond donors (Lipinski definition) is 1. The smallest absolute Gasteiger partial charge is 0.0156 e. The van der Waals surface area contributed by atoms with Gasteiger partial charge in [0, 0.05) is 20.1 Å². The van der Waals surface area contributed by atoms with E-state index in [4.69, 9.17) is 0 Å². The highest BCUT2D eigenvalue weighted by Gasteiger charge is 2.09. The Hall–Kier alpha value is -0.0800. The minimum absolute atomic E-state index is 0.763. The van der Waals surface area contributed by atoms with Gasteiger partial charge in [0.2, 0.25) is 0 Å². The Labute approximate surface area is 83.7 Å². The van der Waals surface area contributed by atoms with Crippen molar-refractivity contribution < 1.29 is 0 Å². The Morgan fingerprint density at radius 3 is 2.31 bits per heavy atom. The first-order valence-electron chi connectivity index (χ1n) is 5.52. The van der Waals surface area contributed by atoms with Crippen molar-refractivity contribution in [2.75, 3.05) is 20.1 Å². The average Bonchev–Trinajstić information content (AvgIpc) is 2.04. The Balaban J connectivity index is 3.43. The maximum absolute atomic E-state index is 3.40. The molecule has 0 aliphatic carbocycles. The van der Waals surface area contributed by atoms with E-state index < -0.39 is 0 Å². The third-order valence-electron chi connectivity index (χ3n) is 2.61. The zero-order valence-electron chi connectivity index (χ0n) is 9.93. The van der Waals surface area contributed by atoms with E-state index in [2.05, 4.69) is 45.2 Å². The summed E-state index contributed by atoms with van der Waals surface area (Å²) in [5, 5.41) is 2.22. The maximum Gasteiger partial charge on any atom is 0.0156 e. The molecule has 0 saturated heterocycles. The minimum Gasteiger partial charge on any atom is -0.255 e. The Kier molecular flexibility index (Phi) is 7.29. The van der Waals surface area contributed by atoms with Crippen molar-refractivity contribution in [2.45, 2.75) is 40.5 Å². The van der Waals surface area contributed by atoms with Crippen molar-refractivity contribution in [3.8, 4) is 0 Å². The van der Waals surface area contributed by atoms with Gasteiger partial charge in [0.05, 0.1) is 0 Å². The fourth-order valence-corrected chi connectivity index (χ4v) is 1.15. The van der Waals surface area contributed by atoms with Crippen LogP contribution in [0.4, 0.5) is 0 Å². The van der Waals surface area contributed by atoms with E-state index in [-0.39, 0.29) is 0 Å². The lowest BCUT2D eigenvalue weighted by atomic mass is 9.98. The first kappa shape index (κ1) is 12.9. The zero-order valence-corrected chi connectivity index (χ0v) is 9.93. The Morgan fingerprint density at radius 1 is 1.23 bits per heavy atom. The van der Waals surface area contributed by atoms with Crippen LogP contribution in [0.3, 0.4) is 0 Å². The number of unbranched alkanes of at least 4 members (excludes halogenated alkanes) is 1. The van der Waals surface area contributed by atoms with Crippen LogP contribution in [0.25, 0.3) is 0 Å². The minimum atomic E-state index is 0.763. The molecule has 0 aliphatic rings. The summed E-state index contributed by atoms with van der Waals surface area (Å²) in [6.45, 7) is 11.3. The van der Waals surface area contributed by atoms with Crippen LogP contribution in [0.15, 0.2) is 0 Å². The second-order valence-electron chi connectivity index (χ2n) is 4.36. The van der Waals surface area contributed by atoms with Gasteiger partial charge >= 0.3 is 0 Å². The largest absolute Gasteiger partial charge is 0.255 e. The van der Waals surface area contributed by atoms with E-state index >= 15 is 0 Å². The summed E-state index contributed by atoms with van der Waals surface area (Å²) in [4.78, 5) is 0. The average molecular weight is 186 g/mol. The van der Waals surface area contributed by atoms with Crippen molar-refractivity contribution in [3.63, 3.8) is 0 Å². The molecule has 1 atom stereocenters. The van der Waals surface area contributed by atoms with Gasteiger partial charge in [-0.05, 0) is 18.3 Å². The maximum atomic E-state index is 3.40. The molecule has 0 spiro atoms. The van der Waals surface area contributed by atoms with E-state index in [0.29, 0.717) is 0 Å². The van der Waals surface area contributed by atoms with Gasteiger partial charge in [-0.25, -0.2) is 5.01 Å². The van der Waals surface area contributed by atoms with Crippen molar-refractivity contribution in [2.24, 2.45) is 11.8 Å². The molecule has 80 valence electrons. The normalized spacial score (nSPS) is 14.1. The van der Waals surface area contributed by atoms with Crippen molar-refractivity contribution >= 4 is 0 Å². The lowest BCUT2D eigenvalue weighted by molar-refractivity contribution is 0.182. The van der Waals surface area contributed by atoms with Crippen LogP contribution in [0.2, 0.25) is 0 Å². The molecule has 0 aromatic rings. The molecule has 13 heavy (non-hydrogen) atoms. The summed E-state index contributed by atoms with van der Waals surface area (Å²) in [7, 11) is 2.13.